The fourth-order valence-corrected chi connectivity index (χ4v) is 6.87. The summed E-state index contributed by atoms with van der Waals surface area (Å²) in [5.41, 5.74) is 2.63. The van der Waals surface area contributed by atoms with E-state index >= 15 is 8.78 Å². The number of carbonyl (C=O) groups excluding carboxylic acids is 1. The van der Waals surface area contributed by atoms with E-state index in [1.54, 1.807) is 12.1 Å². The van der Waals surface area contributed by atoms with Gasteiger partial charge in [0, 0.05) is 30.8 Å². The van der Waals surface area contributed by atoms with Crippen molar-refractivity contribution in [2.24, 2.45) is 4.99 Å². The first-order valence-corrected chi connectivity index (χ1v) is 17.6. The van der Waals surface area contributed by atoms with Gasteiger partial charge in [0.25, 0.3) is 11.5 Å². The number of pyridine rings is 1. The van der Waals surface area contributed by atoms with Crippen LogP contribution in [0.25, 0.3) is 11.1 Å². The third-order valence-corrected chi connectivity index (χ3v) is 9.52. The Morgan fingerprint density at radius 2 is 1.54 bits per heavy atom. The Bertz CT molecular complexity index is 2510. The van der Waals surface area contributed by atoms with Gasteiger partial charge in [-0.3, -0.25) is 4.99 Å². The van der Waals surface area contributed by atoms with Crippen LogP contribution in [0.3, 0.4) is 0 Å². The average Bonchev–Trinajstić information content (AvgIpc) is 3.79. The van der Waals surface area contributed by atoms with Gasteiger partial charge in [0.1, 0.15) is 23.9 Å². The number of aromatic nitrogens is 1. The summed E-state index contributed by atoms with van der Waals surface area (Å²) < 4.78 is 61.6. The molecule has 0 radical (unpaired) electrons. The smallest absolute Gasteiger partial charge is 0.359 e. The number of methoxy groups -OCH3 is 1. The summed E-state index contributed by atoms with van der Waals surface area (Å²) in [6, 6.07) is 35.4. The summed E-state index contributed by atoms with van der Waals surface area (Å²) in [4.78, 5) is 24.2. The summed E-state index contributed by atoms with van der Waals surface area (Å²) in [5.74, 6) is -3.42. The van der Waals surface area contributed by atoms with Gasteiger partial charge in [-0.1, -0.05) is 78.9 Å². The second kappa shape index (κ2) is 14.9. The van der Waals surface area contributed by atoms with Gasteiger partial charge < -0.3 is 28.6 Å². The van der Waals surface area contributed by atoms with Gasteiger partial charge in [0.05, 0.1) is 37.0 Å². The van der Waals surface area contributed by atoms with Gasteiger partial charge in [0.2, 0.25) is 11.6 Å². The molecule has 2 heterocycles. The Balaban J connectivity index is 1.15. The van der Waals surface area contributed by atoms with Gasteiger partial charge >= 0.3 is 5.97 Å². The van der Waals surface area contributed by atoms with Crippen LogP contribution >= 0.6 is 0 Å². The number of benzene rings is 5. The van der Waals surface area contributed by atoms with Crippen LogP contribution in [-0.2, 0) is 21.7 Å². The Hall–Kier alpha value is -7.26. The third-order valence-electron chi connectivity index (χ3n) is 9.52. The number of hydrogen-bond donors (Lipinski definition) is 0. The van der Waals surface area contributed by atoms with Crippen molar-refractivity contribution in [1.29, 1.82) is 5.26 Å². The van der Waals surface area contributed by atoms with Crippen LogP contribution in [0.15, 0.2) is 126 Å². The van der Waals surface area contributed by atoms with Crippen molar-refractivity contribution in [2.45, 2.75) is 12.2 Å². The lowest BCUT2D eigenvalue weighted by Gasteiger charge is -2.30. The van der Waals surface area contributed by atoms with E-state index in [0.29, 0.717) is 35.6 Å². The predicted octanol–water partition coefficient (Wildman–Crippen LogP) is 8.56. The maximum Gasteiger partial charge on any atom is 0.359 e. The Kier molecular flexibility index (Phi) is 9.50. The molecule has 56 heavy (non-hydrogen) atoms. The first-order valence-electron chi connectivity index (χ1n) is 17.6. The molecule has 1 aliphatic carbocycles. The minimum Gasteiger partial charge on any atom is -0.485 e. The molecule has 5 aromatic carbocycles. The molecule has 0 bridgehead atoms. The van der Waals surface area contributed by atoms with E-state index in [-0.39, 0.29) is 35.2 Å². The number of nitrogens with zero attached hydrogens (tertiary/aromatic N) is 4. The van der Waals surface area contributed by atoms with Crippen LogP contribution in [0.5, 0.6) is 34.6 Å². The van der Waals surface area contributed by atoms with Crippen molar-refractivity contribution in [1.82, 2.24) is 9.88 Å². The molecule has 6 aromatic rings. The zero-order valence-corrected chi connectivity index (χ0v) is 30.2. The molecular weight excluding hydrogens is 719 g/mol. The molecule has 0 spiro atoms. The van der Waals surface area contributed by atoms with Gasteiger partial charge in [-0.05, 0) is 47.0 Å². The molecule has 0 atom stereocenters. The van der Waals surface area contributed by atoms with E-state index in [1.165, 1.54) is 31.4 Å². The van der Waals surface area contributed by atoms with Crippen LogP contribution in [0.2, 0.25) is 0 Å². The lowest BCUT2D eigenvalue weighted by Crippen LogP contribution is -2.42. The van der Waals surface area contributed by atoms with Gasteiger partial charge in [-0.15, -0.1) is 0 Å². The minimum absolute atomic E-state index is 0.0114. The summed E-state index contributed by atoms with van der Waals surface area (Å²) in [7, 11) is 3.13. The number of halogens is 2. The van der Waals surface area contributed by atoms with E-state index in [0.717, 1.165) is 22.9 Å². The molecule has 0 saturated carbocycles. The van der Waals surface area contributed by atoms with Crippen molar-refractivity contribution in [2.75, 3.05) is 27.2 Å². The van der Waals surface area contributed by atoms with Crippen LogP contribution in [0.1, 0.15) is 27.8 Å². The van der Waals surface area contributed by atoms with Gasteiger partial charge in [0.15, 0.2) is 17.3 Å². The molecule has 0 unspecified atom stereocenters. The molecule has 2 aliphatic rings. The van der Waals surface area contributed by atoms with Crippen LogP contribution in [0, 0.1) is 23.0 Å². The molecule has 12 heteroatoms. The molecule has 10 nitrogen and oxygen atoms in total. The largest absolute Gasteiger partial charge is 0.485 e. The van der Waals surface area contributed by atoms with E-state index in [9.17, 15) is 10.1 Å². The fraction of sp³-hybridized carbons (Fsp3) is 0.136. The second-order valence-corrected chi connectivity index (χ2v) is 13.0. The number of likely N-dealkylation sites (N-methyl/N-ethyl adjacent to an activating group) is 1. The number of rotatable bonds is 11. The summed E-state index contributed by atoms with van der Waals surface area (Å²) in [5, 5.41) is 9.55. The van der Waals surface area contributed by atoms with E-state index in [4.69, 9.17) is 23.7 Å². The quantitative estimate of drug-likeness (QED) is 0.120. The molecule has 0 amide bonds. The van der Waals surface area contributed by atoms with Crippen LogP contribution in [-0.4, -0.2) is 48.9 Å². The normalized spacial score (nSPS) is 13.6. The second-order valence-electron chi connectivity index (χ2n) is 13.0. The highest BCUT2D eigenvalue weighted by Gasteiger charge is 2.53. The molecule has 278 valence electrons. The van der Waals surface area contributed by atoms with Crippen molar-refractivity contribution < 1.29 is 37.3 Å². The number of hydrogen-bond acceptors (Lipinski definition) is 10. The van der Waals surface area contributed by atoms with E-state index in [2.05, 4.69) is 9.98 Å². The van der Waals surface area contributed by atoms with Crippen molar-refractivity contribution >= 4 is 11.8 Å². The number of carbonyl (C=O) groups is 1. The van der Waals surface area contributed by atoms with Crippen LogP contribution < -0.4 is 18.9 Å². The predicted molar refractivity (Wildman–Crippen MR) is 202 cm³/mol. The molecule has 8 rings (SSSR count). The summed E-state index contributed by atoms with van der Waals surface area (Å²) >= 11 is 0. The highest BCUT2D eigenvalue weighted by molar-refractivity contribution is 6.02. The fourth-order valence-electron chi connectivity index (χ4n) is 6.87. The molecule has 0 fully saturated rings. The first kappa shape index (κ1) is 35.8. The lowest BCUT2D eigenvalue weighted by atomic mass is 9.91. The maximum absolute atomic E-state index is 16.3. The van der Waals surface area contributed by atoms with Crippen molar-refractivity contribution in [3.63, 3.8) is 0 Å². The van der Waals surface area contributed by atoms with Gasteiger partial charge in [-0.25, -0.2) is 14.2 Å². The number of aliphatic imine (C=N–C) groups is 1. The Morgan fingerprint density at radius 3 is 2.21 bits per heavy atom. The van der Waals surface area contributed by atoms with Crippen molar-refractivity contribution in [3.05, 3.63) is 161 Å². The Morgan fingerprint density at radius 1 is 0.839 bits per heavy atom. The standard InChI is InChI=1S/C44H32F2N4O6/c1-50-21-20-48-41(50)32-23-29(56-44(43(51)52-2)33-14-8-6-12-30(33)31-13-7-9-15-34(31)44)17-19-36(32)54-40-35(45)25-49-42(39(40)46)55-38-22-28(24-47)16-18-37(38)53-26-27-10-4-3-5-11-27/h3-19,22-23,25H,20-21,26H2,1-2H3. The Labute approximate surface area is 320 Å². The lowest BCUT2D eigenvalue weighted by molar-refractivity contribution is -0.156. The first-order chi connectivity index (χ1) is 27.3. The van der Waals surface area contributed by atoms with E-state index < -0.39 is 34.8 Å². The number of nitriles is 1. The van der Waals surface area contributed by atoms with Crippen LogP contribution in [0.4, 0.5) is 8.78 Å². The average molecular weight is 751 g/mol. The van der Waals surface area contributed by atoms with Gasteiger partial charge in [-0.2, -0.15) is 9.65 Å². The summed E-state index contributed by atoms with van der Waals surface area (Å²) in [6.07, 6.45) is 0.776. The number of ether oxygens (including phenoxy) is 5. The number of amidine groups is 1. The molecule has 1 aliphatic heterocycles. The SMILES string of the molecule is COC(=O)C1(Oc2ccc(Oc3c(F)cnc(Oc4cc(C#N)ccc4OCc4ccccc4)c3F)c(C3=NCCN3C)c2)c2ccccc2-c2ccccc21. The monoisotopic (exact) mass is 750 g/mol. The zero-order valence-electron chi connectivity index (χ0n) is 30.2. The number of esters is 1. The van der Waals surface area contributed by atoms with E-state index in [1.807, 2.05) is 96.9 Å². The zero-order chi connectivity index (χ0) is 38.8. The number of fused-ring (bicyclic) bond motifs is 3. The molecular formula is C44H32F2N4O6. The molecule has 0 saturated heterocycles. The summed E-state index contributed by atoms with van der Waals surface area (Å²) in [6.45, 7) is 1.21. The maximum atomic E-state index is 16.3. The molecule has 1 aromatic heterocycles. The molecule has 0 N–H and O–H groups in total. The third kappa shape index (κ3) is 6.39. The minimum atomic E-state index is -1.66. The highest BCUT2D eigenvalue weighted by Crippen LogP contribution is 2.51. The topological polar surface area (TPSA) is 116 Å². The highest BCUT2D eigenvalue weighted by atomic mass is 19.1. The van der Waals surface area contributed by atoms with Crippen molar-refractivity contribution in [3.8, 4) is 51.8 Å².